The SMILES string of the molecule is Cc1nc(CCNC(=O)C(CN)c2ccccc2)cs1. The van der Waals surface area contributed by atoms with Crippen LogP contribution in [0.1, 0.15) is 22.2 Å². The van der Waals surface area contributed by atoms with E-state index >= 15 is 0 Å². The predicted octanol–water partition coefficient (Wildman–Crippen LogP) is 1.85. The van der Waals surface area contributed by atoms with E-state index in [-0.39, 0.29) is 11.8 Å². The zero-order valence-corrected chi connectivity index (χ0v) is 12.3. The average molecular weight is 289 g/mol. The van der Waals surface area contributed by atoms with Crippen LogP contribution in [0, 0.1) is 6.92 Å². The van der Waals surface area contributed by atoms with Crippen LogP contribution in [0.4, 0.5) is 0 Å². The first-order valence-corrected chi connectivity index (χ1v) is 7.52. The summed E-state index contributed by atoms with van der Waals surface area (Å²) in [6, 6.07) is 9.63. The van der Waals surface area contributed by atoms with Crippen molar-refractivity contribution >= 4 is 17.2 Å². The first-order chi connectivity index (χ1) is 9.70. The number of rotatable bonds is 6. The van der Waals surface area contributed by atoms with Crippen LogP contribution in [0.3, 0.4) is 0 Å². The molecule has 1 unspecified atom stereocenters. The number of nitrogens with two attached hydrogens (primary N) is 1. The van der Waals surface area contributed by atoms with E-state index in [1.807, 2.05) is 42.6 Å². The fourth-order valence-electron chi connectivity index (χ4n) is 2.04. The molecule has 1 aromatic heterocycles. The Balaban J connectivity index is 1.87. The van der Waals surface area contributed by atoms with Crippen molar-refractivity contribution in [2.75, 3.05) is 13.1 Å². The second-order valence-corrected chi connectivity index (χ2v) is 5.66. The molecule has 0 aliphatic heterocycles. The van der Waals surface area contributed by atoms with Crippen molar-refractivity contribution in [3.05, 3.63) is 52.0 Å². The first-order valence-electron chi connectivity index (χ1n) is 6.64. The van der Waals surface area contributed by atoms with Crippen LogP contribution in [0.5, 0.6) is 0 Å². The van der Waals surface area contributed by atoms with E-state index in [9.17, 15) is 4.79 Å². The quantitative estimate of drug-likeness (QED) is 0.853. The van der Waals surface area contributed by atoms with Crippen LogP contribution in [-0.2, 0) is 11.2 Å². The minimum atomic E-state index is -0.284. The molecule has 0 aliphatic rings. The lowest BCUT2D eigenvalue weighted by atomic mass is 9.98. The second-order valence-electron chi connectivity index (χ2n) is 4.60. The minimum Gasteiger partial charge on any atom is -0.355 e. The molecule has 20 heavy (non-hydrogen) atoms. The largest absolute Gasteiger partial charge is 0.355 e. The highest BCUT2D eigenvalue weighted by atomic mass is 32.1. The van der Waals surface area contributed by atoms with Crippen molar-refractivity contribution in [2.45, 2.75) is 19.3 Å². The lowest BCUT2D eigenvalue weighted by Gasteiger charge is -2.15. The molecule has 2 rings (SSSR count). The third kappa shape index (κ3) is 3.88. The Morgan fingerprint density at radius 3 is 2.75 bits per heavy atom. The maximum absolute atomic E-state index is 12.2. The van der Waals surface area contributed by atoms with Crippen LogP contribution in [-0.4, -0.2) is 24.0 Å². The monoisotopic (exact) mass is 289 g/mol. The summed E-state index contributed by atoms with van der Waals surface area (Å²) in [5, 5.41) is 6.01. The number of aryl methyl sites for hydroxylation is 1. The summed E-state index contributed by atoms with van der Waals surface area (Å²) >= 11 is 1.63. The van der Waals surface area contributed by atoms with E-state index in [0.29, 0.717) is 13.1 Å². The van der Waals surface area contributed by atoms with E-state index in [1.165, 1.54) is 0 Å². The molecule has 2 aromatic rings. The molecule has 0 radical (unpaired) electrons. The topological polar surface area (TPSA) is 68.0 Å². The third-order valence-electron chi connectivity index (χ3n) is 3.10. The van der Waals surface area contributed by atoms with Crippen molar-refractivity contribution in [1.29, 1.82) is 0 Å². The second kappa shape index (κ2) is 7.17. The smallest absolute Gasteiger partial charge is 0.228 e. The van der Waals surface area contributed by atoms with Gasteiger partial charge in [0.1, 0.15) is 0 Å². The lowest BCUT2D eigenvalue weighted by Crippen LogP contribution is -2.34. The molecule has 5 heteroatoms. The summed E-state index contributed by atoms with van der Waals surface area (Å²) in [5.41, 5.74) is 7.70. The molecule has 106 valence electrons. The van der Waals surface area contributed by atoms with Gasteiger partial charge in [0.2, 0.25) is 5.91 Å². The Labute approximate surface area is 123 Å². The summed E-state index contributed by atoms with van der Waals surface area (Å²) in [6.45, 7) is 2.88. The van der Waals surface area contributed by atoms with Gasteiger partial charge in [-0.05, 0) is 12.5 Å². The van der Waals surface area contributed by atoms with Gasteiger partial charge in [0.15, 0.2) is 0 Å². The number of benzene rings is 1. The van der Waals surface area contributed by atoms with Crippen LogP contribution in [0.15, 0.2) is 35.7 Å². The van der Waals surface area contributed by atoms with Gasteiger partial charge in [-0.1, -0.05) is 30.3 Å². The molecule has 1 atom stereocenters. The Morgan fingerprint density at radius 2 is 2.15 bits per heavy atom. The number of thiazole rings is 1. The van der Waals surface area contributed by atoms with Crippen molar-refractivity contribution in [1.82, 2.24) is 10.3 Å². The summed E-state index contributed by atoms with van der Waals surface area (Å²) in [6.07, 6.45) is 0.752. The highest BCUT2D eigenvalue weighted by molar-refractivity contribution is 7.09. The zero-order chi connectivity index (χ0) is 14.4. The Hall–Kier alpha value is -1.72. The van der Waals surface area contributed by atoms with Gasteiger partial charge in [-0.15, -0.1) is 11.3 Å². The van der Waals surface area contributed by atoms with E-state index < -0.39 is 0 Å². The standard InChI is InChI=1S/C15H19N3OS/c1-11-18-13(10-20-11)7-8-17-15(19)14(9-16)12-5-3-2-4-6-12/h2-6,10,14H,7-9,16H2,1H3,(H,17,19). The first kappa shape index (κ1) is 14.7. The van der Waals surface area contributed by atoms with Gasteiger partial charge in [-0.25, -0.2) is 4.98 Å². The number of hydrogen-bond donors (Lipinski definition) is 2. The average Bonchev–Trinajstić information content (AvgIpc) is 2.86. The van der Waals surface area contributed by atoms with Crippen molar-refractivity contribution < 1.29 is 4.79 Å². The summed E-state index contributed by atoms with van der Waals surface area (Å²) in [5.74, 6) is -0.306. The molecule has 0 spiro atoms. The van der Waals surface area contributed by atoms with E-state index in [2.05, 4.69) is 10.3 Å². The molecule has 1 heterocycles. The highest BCUT2D eigenvalue weighted by Crippen LogP contribution is 2.14. The Bertz CT molecular complexity index is 553. The molecule has 1 amide bonds. The van der Waals surface area contributed by atoms with E-state index in [0.717, 1.165) is 22.7 Å². The maximum Gasteiger partial charge on any atom is 0.228 e. The van der Waals surface area contributed by atoms with Crippen LogP contribution >= 0.6 is 11.3 Å². The Kier molecular flexibility index (Phi) is 5.26. The van der Waals surface area contributed by atoms with Gasteiger partial charge in [0, 0.05) is 24.9 Å². The number of nitrogens with zero attached hydrogens (tertiary/aromatic N) is 1. The normalized spacial score (nSPS) is 12.1. The van der Waals surface area contributed by atoms with Crippen molar-refractivity contribution in [3.63, 3.8) is 0 Å². The van der Waals surface area contributed by atoms with Crippen molar-refractivity contribution in [2.24, 2.45) is 5.73 Å². The van der Waals surface area contributed by atoms with Crippen LogP contribution in [0.25, 0.3) is 0 Å². The minimum absolute atomic E-state index is 0.0225. The van der Waals surface area contributed by atoms with Gasteiger partial charge in [0.05, 0.1) is 16.6 Å². The predicted molar refractivity (Wildman–Crippen MR) is 81.8 cm³/mol. The molecular weight excluding hydrogens is 270 g/mol. The van der Waals surface area contributed by atoms with Crippen molar-refractivity contribution in [3.8, 4) is 0 Å². The summed E-state index contributed by atoms with van der Waals surface area (Å²) in [4.78, 5) is 16.5. The molecule has 0 saturated heterocycles. The maximum atomic E-state index is 12.2. The number of amides is 1. The molecular formula is C15H19N3OS. The number of carbonyl (C=O) groups is 1. The summed E-state index contributed by atoms with van der Waals surface area (Å²) in [7, 11) is 0. The van der Waals surface area contributed by atoms with Crippen LogP contribution < -0.4 is 11.1 Å². The molecule has 4 nitrogen and oxygen atoms in total. The molecule has 0 aliphatic carbocycles. The number of hydrogen-bond acceptors (Lipinski definition) is 4. The number of aromatic nitrogens is 1. The van der Waals surface area contributed by atoms with E-state index in [4.69, 9.17) is 5.73 Å². The number of nitrogens with one attached hydrogen (secondary N) is 1. The fourth-order valence-corrected chi connectivity index (χ4v) is 2.69. The lowest BCUT2D eigenvalue weighted by molar-refractivity contribution is -0.122. The molecule has 0 saturated carbocycles. The van der Waals surface area contributed by atoms with Gasteiger partial charge < -0.3 is 11.1 Å². The fraction of sp³-hybridized carbons (Fsp3) is 0.333. The van der Waals surface area contributed by atoms with Gasteiger partial charge in [-0.2, -0.15) is 0 Å². The number of carbonyl (C=O) groups excluding carboxylic acids is 1. The molecule has 1 aromatic carbocycles. The highest BCUT2D eigenvalue weighted by Gasteiger charge is 2.18. The van der Waals surface area contributed by atoms with E-state index in [1.54, 1.807) is 11.3 Å². The van der Waals surface area contributed by atoms with Gasteiger partial charge in [0.25, 0.3) is 0 Å². The molecule has 3 N–H and O–H groups in total. The Morgan fingerprint density at radius 1 is 1.40 bits per heavy atom. The molecule has 0 fully saturated rings. The van der Waals surface area contributed by atoms with Crippen LogP contribution in [0.2, 0.25) is 0 Å². The van der Waals surface area contributed by atoms with Gasteiger partial charge >= 0.3 is 0 Å². The zero-order valence-electron chi connectivity index (χ0n) is 11.5. The third-order valence-corrected chi connectivity index (χ3v) is 3.92. The summed E-state index contributed by atoms with van der Waals surface area (Å²) < 4.78 is 0. The molecule has 0 bridgehead atoms. The van der Waals surface area contributed by atoms with Gasteiger partial charge in [-0.3, -0.25) is 4.79 Å².